The van der Waals surface area contributed by atoms with Crippen molar-refractivity contribution in [2.45, 2.75) is 6.92 Å². The number of hydrogen-bond donors (Lipinski definition) is 0. The molecular formula is C7H5BrN4O. The van der Waals surface area contributed by atoms with Gasteiger partial charge in [-0.15, -0.1) is 5.10 Å². The molecular weight excluding hydrogens is 236 g/mol. The van der Waals surface area contributed by atoms with E-state index in [1.54, 1.807) is 6.07 Å². The molecule has 0 saturated carbocycles. The minimum Gasteiger partial charge on any atom is -0.331 e. The Labute approximate surface area is 82.3 Å². The Balaban J connectivity index is 2.41. The summed E-state index contributed by atoms with van der Waals surface area (Å²) in [7, 11) is 0. The quantitative estimate of drug-likeness (QED) is 0.758. The van der Waals surface area contributed by atoms with E-state index < -0.39 is 0 Å². The second-order valence-corrected chi connectivity index (χ2v) is 3.14. The fourth-order valence-electron chi connectivity index (χ4n) is 0.823. The number of rotatable bonds is 1. The van der Waals surface area contributed by atoms with E-state index in [4.69, 9.17) is 4.52 Å². The summed E-state index contributed by atoms with van der Waals surface area (Å²) in [5.74, 6) is 0.361. The zero-order valence-corrected chi connectivity index (χ0v) is 8.32. The smallest absolute Gasteiger partial charge is 0.279 e. The van der Waals surface area contributed by atoms with Crippen molar-refractivity contribution in [2.75, 3.05) is 0 Å². The first-order valence-corrected chi connectivity index (χ1v) is 4.35. The fraction of sp³-hybridized carbons (Fsp3) is 0.143. The second kappa shape index (κ2) is 3.21. The van der Waals surface area contributed by atoms with Gasteiger partial charge in [-0.3, -0.25) is 0 Å². The molecule has 0 N–H and O–H groups in total. The van der Waals surface area contributed by atoms with Crippen LogP contribution in [0, 0.1) is 6.92 Å². The third-order valence-electron chi connectivity index (χ3n) is 1.42. The highest BCUT2D eigenvalue weighted by atomic mass is 79.9. The summed E-state index contributed by atoms with van der Waals surface area (Å²) in [6, 6.07) is 3.61. The van der Waals surface area contributed by atoms with E-state index in [0.29, 0.717) is 16.3 Å². The van der Waals surface area contributed by atoms with Crippen LogP contribution in [0.25, 0.3) is 11.6 Å². The van der Waals surface area contributed by atoms with Crippen LogP contribution >= 0.6 is 15.9 Å². The normalized spacial score (nSPS) is 10.3. The molecule has 2 rings (SSSR count). The summed E-state index contributed by atoms with van der Waals surface area (Å²) in [5.41, 5.74) is 1.42. The van der Waals surface area contributed by atoms with Gasteiger partial charge in [-0.1, -0.05) is 0 Å². The van der Waals surface area contributed by atoms with Gasteiger partial charge in [0.15, 0.2) is 5.69 Å². The molecule has 0 bridgehead atoms. The van der Waals surface area contributed by atoms with E-state index >= 15 is 0 Å². The lowest BCUT2D eigenvalue weighted by atomic mass is 10.3. The van der Waals surface area contributed by atoms with E-state index in [1.165, 1.54) is 0 Å². The third-order valence-corrected chi connectivity index (χ3v) is 1.74. The summed E-state index contributed by atoms with van der Waals surface area (Å²) in [5, 5.41) is 11.3. The summed E-state index contributed by atoms with van der Waals surface area (Å²) >= 11 is 3.08. The first-order chi connectivity index (χ1) is 6.25. The van der Waals surface area contributed by atoms with Crippen molar-refractivity contribution in [3.63, 3.8) is 0 Å². The van der Waals surface area contributed by atoms with Crippen molar-refractivity contribution in [1.82, 2.24) is 20.3 Å². The second-order valence-electron chi connectivity index (χ2n) is 2.43. The Morgan fingerprint density at radius 3 is 2.69 bits per heavy atom. The maximum Gasteiger partial charge on any atom is 0.279 e. The van der Waals surface area contributed by atoms with E-state index in [2.05, 4.69) is 36.3 Å². The number of hydrogen-bond acceptors (Lipinski definition) is 5. The average molecular weight is 241 g/mol. The van der Waals surface area contributed by atoms with Crippen LogP contribution in [0.15, 0.2) is 21.4 Å². The Kier molecular flexibility index (Phi) is 2.05. The van der Waals surface area contributed by atoms with E-state index in [9.17, 15) is 0 Å². The van der Waals surface area contributed by atoms with Crippen LogP contribution in [-0.2, 0) is 0 Å². The van der Waals surface area contributed by atoms with E-state index in [1.807, 2.05) is 13.0 Å². The van der Waals surface area contributed by atoms with E-state index in [-0.39, 0.29) is 0 Å². The van der Waals surface area contributed by atoms with Crippen LogP contribution in [0.5, 0.6) is 0 Å². The fourth-order valence-corrected chi connectivity index (χ4v) is 1.06. The van der Waals surface area contributed by atoms with Gasteiger partial charge in [0.25, 0.3) is 5.89 Å². The number of nitrogens with zero attached hydrogens (tertiary/aromatic N) is 4. The highest BCUT2D eigenvalue weighted by Gasteiger charge is 2.07. The van der Waals surface area contributed by atoms with Crippen LogP contribution in [0.1, 0.15) is 5.69 Å². The Bertz CT molecular complexity index is 411. The molecule has 0 fully saturated rings. The minimum absolute atomic E-state index is 0.361. The minimum atomic E-state index is 0.361. The lowest BCUT2D eigenvalue weighted by Crippen LogP contribution is -1.89. The molecule has 0 amide bonds. The first-order valence-electron chi connectivity index (χ1n) is 3.55. The molecule has 0 saturated heterocycles. The summed E-state index contributed by atoms with van der Waals surface area (Å²) in [6.45, 7) is 1.86. The zero-order valence-electron chi connectivity index (χ0n) is 6.73. The predicted molar refractivity (Wildman–Crippen MR) is 47.8 cm³/mol. The van der Waals surface area contributed by atoms with Crippen LogP contribution in [-0.4, -0.2) is 20.3 Å². The van der Waals surface area contributed by atoms with Gasteiger partial charge in [0, 0.05) is 0 Å². The van der Waals surface area contributed by atoms with Crippen LogP contribution in [0.2, 0.25) is 0 Å². The van der Waals surface area contributed by atoms with Gasteiger partial charge in [-0.25, -0.2) is 0 Å². The summed E-state index contributed by atoms with van der Waals surface area (Å²) < 4.78 is 5.29. The van der Waals surface area contributed by atoms with Gasteiger partial charge in [0.1, 0.15) is 0 Å². The standard InChI is InChI=1S/C7H5BrN4O/c1-4-2-3-5(11-10-4)6-9-7(8)12-13-6/h2-3H,1H3. The largest absolute Gasteiger partial charge is 0.331 e. The predicted octanol–water partition coefficient (Wildman–Crippen LogP) is 1.60. The Morgan fingerprint density at radius 1 is 1.31 bits per heavy atom. The highest BCUT2D eigenvalue weighted by Crippen LogP contribution is 2.15. The molecule has 0 atom stereocenters. The number of aryl methyl sites for hydroxylation is 1. The lowest BCUT2D eigenvalue weighted by Gasteiger charge is -1.91. The molecule has 2 heterocycles. The molecule has 2 aromatic rings. The molecule has 0 spiro atoms. The molecule has 0 aromatic carbocycles. The molecule has 13 heavy (non-hydrogen) atoms. The highest BCUT2D eigenvalue weighted by molar-refractivity contribution is 9.10. The van der Waals surface area contributed by atoms with Crippen molar-refractivity contribution >= 4 is 15.9 Å². The van der Waals surface area contributed by atoms with Gasteiger partial charge in [-0.05, 0) is 40.1 Å². The topological polar surface area (TPSA) is 64.7 Å². The van der Waals surface area contributed by atoms with Crippen molar-refractivity contribution in [1.29, 1.82) is 0 Å². The zero-order chi connectivity index (χ0) is 9.26. The van der Waals surface area contributed by atoms with Gasteiger partial charge in [-0.2, -0.15) is 10.1 Å². The van der Waals surface area contributed by atoms with Crippen LogP contribution in [0.3, 0.4) is 0 Å². The maximum absolute atomic E-state index is 4.88. The van der Waals surface area contributed by atoms with Crippen LogP contribution in [0.4, 0.5) is 0 Å². The van der Waals surface area contributed by atoms with Crippen LogP contribution < -0.4 is 0 Å². The summed E-state index contributed by atoms with van der Waals surface area (Å²) in [6.07, 6.45) is 0. The molecule has 6 heteroatoms. The monoisotopic (exact) mass is 240 g/mol. The molecule has 5 nitrogen and oxygen atoms in total. The molecule has 0 aliphatic carbocycles. The number of aromatic nitrogens is 4. The number of halogens is 1. The van der Waals surface area contributed by atoms with Crippen molar-refractivity contribution in [3.05, 3.63) is 22.6 Å². The van der Waals surface area contributed by atoms with Gasteiger partial charge >= 0.3 is 0 Å². The van der Waals surface area contributed by atoms with Gasteiger partial charge < -0.3 is 4.52 Å². The van der Waals surface area contributed by atoms with Gasteiger partial charge in [0.2, 0.25) is 4.73 Å². The Morgan fingerprint density at radius 2 is 2.15 bits per heavy atom. The molecule has 0 aliphatic heterocycles. The summed E-state index contributed by atoms with van der Waals surface area (Å²) in [4.78, 5) is 3.95. The molecule has 2 aromatic heterocycles. The Hall–Kier alpha value is -1.30. The average Bonchev–Trinajstić information content (AvgIpc) is 2.53. The lowest BCUT2D eigenvalue weighted by molar-refractivity contribution is 0.424. The molecule has 0 unspecified atom stereocenters. The molecule has 0 aliphatic rings. The van der Waals surface area contributed by atoms with Crippen molar-refractivity contribution in [3.8, 4) is 11.6 Å². The first kappa shape index (κ1) is 8.31. The van der Waals surface area contributed by atoms with Crippen molar-refractivity contribution < 1.29 is 4.52 Å². The van der Waals surface area contributed by atoms with Gasteiger partial charge in [0.05, 0.1) is 5.69 Å². The maximum atomic E-state index is 4.88. The van der Waals surface area contributed by atoms with Crippen molar-refractivity contribution in [2.24, 2.45) is 0 Å². The third kappa shape index (κ3) is 1.72. The van der Waals surface area contributed by atoms with E-state index in [0.717, 1.165) is 5.69 Å². The SMILES string of the molecule is Cc1ccc(-c2nc(Br)no2)nn1. The molecule has 0 radical (unpaired) electrons. The molecule has 66 valence electrons.